The molecule has 0 N–H and O–H groups in total. The molecule has 0 aromatic heterocycles. The van der Waals surface area contributed by atoms with Crippen LogP contribution in [0.15, 0.2) is 24.3 Å². The Balaban J connectivity index is 2.22. The van der Waals surface area contributed by atoms with Gasteiger partial charge in [0.15, 0.2) is 12.1 Å². The Morgan fingerprint density at radius 2 is 1.89 bits per heavy atom. The zero-order chi connectivity index (χ0) is 13.2. The lowest BCUT2D eigenvalue weighted by Crippen LogP contribution is -2.21. The van der Waals surface area contributed by atoms with E-state index in [-0.39, 0.29) is 17.5 Å². The van der Waals surface area contributed by atoms with Crippen LogP contribution in [0.5, 0.6) is 0 Å². The van der Waals surface area contributed by atoms with Crippen molar-refractivity contribution in [1.82, 2.24) is 0 Å². The molecular formula is C15H20O3. The normalized spacial score (nSPS) is 17.7. The molecule has 1 heterocycles. The molecule has 3 nitrogen and oxygen atoms in total. The molecule has 1 aromatic carbocycles. The van der Waals surface area contributed by atoms with Gasteiger partial charge in [-0.1, -0.05) is 39.0 Å². The van der Waals surface area contributed by atoms with Gasteiger partial charge in [0.05, 0.1) is 13.2 Å². The van der Waals surface area contributed by atoms with Gasteiger partial charge in [-0.25, -0.2) is 0 Å². The van der Waals surface area contributed by atoms with Gasteiger partial charge in [0, 0.05) is 16.5 Å². The lowest BCUT2D eigenvalue weighted by Gasteiger charge is -2.24. The maximum atomic E-state index is 12.2. The summed E-state index contributed by atoms with van der Waals surface area (Å²) in [7, 11) is 0. The second-order valence-corrected chi connectivity index (χ2v) is 5.63. The van der Waals surface area contributed by atoms with Crippen molar-refractivity contribution in [3.8, 4) is 0 Å². The van der Waals surface area contributed by atoms with E-state index in [0.717, 1.165) is 17.5 Å². The summed E-state index contributed by atoms with van der Waals surface area (Å²) in [6.45, 7) is 7.20. The fraction of sp³-hybridized carbons (Fsp3) is 0.533. The molecule has 1 aliphatic rings. The minimum Gasteiger partial charge on any atom is -0.348 e. The van der Waals surface area contributed by atoms with Gasteiger partial charge in [-0.05, 0) is 12.5 Å². The third kappa shape index (κ3) is 2.98. The number of rotatable bonds is 2. The number of ether oxygens (including phenoxy) is 2. The lowest BCUT2D eigenvalue weighted by molar-refractivity contribution is -0.183. The fourth-order valence-electron chi connectivity index (χ4n) is 1.94. The Hall–Kier alpha value is -1.19. The smallest absolute Gasteiger partial charge is 0.183 e. The molecule has 1 aromatic rings. The van der Waals surface area contributed by atoms with Crippen molar-refractivity contribution in [1.29, 1.82) is 0 Å². The number of ketones is 1. The van der Waals surface area contributed by atoms with Crippen LogP contribution < -0.4 is 0 Å². The van der Waals surface area contributed by atoms with Gasteiger partial charge in [0.1, 0.15) is 0 Å². The maximum Gasteiger partial charge on any atom is 0.183 e. The van der Waals surface area contributed by atoms with Crippen molar-refractivity contribution >= 4 is 5.78 Å². The van der Waals surface area contributed by atoms with E-state index in [1.165, 1.54) is 0 Å². The second-order valence-electron chi connectivity index (χ2n) is 5.63. The Bertz CT molecular complexity index is 426. The van der Waals surface area contributed by atoms with Crippen molar-refractivity contribution in [2.45, 2.75) is 33.5 Å². The van der Waals surface area contributed by atoms with Gasteiger partial charge in [0.2, 0.25) is 0 Å². The highest BCUT2D eigenvalue weighted by molar-refractivity contribution is 5.99. The maximum absolute atomic E-state index is 12.2. The SMILES string of the molecule is CC(C)(C)C(=O)c1cccc(C2OCCCO2)c1. The van der Waals surface area contributed by atoms with E-state index in [1.807, 2.05) is 45.0 Å². The topological polar surface area (TPSA) is 35.5 Å². The van der Waals surface area contributed by atoms with Crippen LogP contribution >= 0.6 is 0 Å². The summed E-state index contributed by atoms with van der Waals surface area (Å²) in [4.78, 5) is 12.2. The highest BCUT2D eigenvalue weighted by atomic mass is 16.7. The molecule has 2 rings (SSSR count). The van der Waals surface area contributed by atoms with Crippen molar-refractivity contribution in [3.63, 3.8) is 0 Å². The number of benzene rings is 1. The van der Waals surface area contributed by atoms with Gasteiger partial charge in [-0.2, -0.15) is 0 Å². The zero-order valence-electron chi connectivity index (χ0n) is 11.2. The largest absolute Gasteiger partial charge is 0.348 e. The standard InChI is InChI=1S/C15H20O3/c1-15(2,3)13(16)11-6-4-7-12(10-11)14-17-8-5-9-18-14/h4,6-7,10,14H,5,8-9H2,1-3H3. The minimum absolute atomic E-state index is 0.139. The van der Waals surface area contributed by atoms with E-state index in [4.69, 9.17) is 9.47 Å². The second kappa shape index (κ2) is 5.21. The quantitative estimate of drug-likeness (QED) is 0.753. The molecule has 0 bridgehead atoms. The molecule has 3 heteroatoms. The molecule has 0 saturated carbocycles. The summed E-state index contributed by atoms with van der Waals surface area (Å²) in [6.07, 6.45) is 0.600. The predicted molar refractivity (Wildman–Crippen MR) is 69.5 cm³/mol. The minimum atomic E-state index is -0.368. The number of carbonyl (C=O) groups excluding carboxylic acids is 1. The Labute approximate surface area is 108 Å². The van der Waals surface area contributed by atoms with E-state index >= 15 is 0 Å². The summed E-state index contributed by atoms with van der Waals surface area (Å²) in [5, 5.41) is 0. The molecule has 98 valence electrons. The molecule has 0 radical (unpaired) electrons. The van der Waals surface area contributed by atoms with Crippen LogP contribution in [0.1, 0.15) is 49.4 Å². The van der Waals surface area contributed by atoms with Crippen molar-refractivity contribution in [3.05, 3.63) is 35.4 Å². The summed E-state index contributed by atoms with van der Waals surface area (Å²) < 4.78 is 11.1. The van der Waals surface area contributed by atoms with E-state index < -0.39 is 0 Å². The van der Waals surface area contributed by atoms with Gasteiger partial charge < -0.3 is 9.47 Å². The van der Waals surface area contributed by atoms with E-state index in [2.05, 4.69) is 0 Å². The van der Waals surface area contributed by atoms with Crippen LogP contribution in [-0.4, -0.2) is 19.0 Å². The van der Waals surface area contributed by atoms with Crippen LogP contribution in [0.3, 0.4) is 0 Å². The van der Waals surface area contributed by atoms with Crippen LogP contribution in [0.4, 0.5) is 0 Å². The van der Waals surface area contributed by atoms with E-state index in [9.17, 15) is 4.79 Å². The summed E-state index contributed by atoms with van der Waals surface area (Å²) in [6, 6.07) is 7.55. The molecule has 0 unspecified atom stereocenters. The number of Topliss-reactive ketones (excluding diaryl/α,β-unsaturated/α-hetero) is 1. The zero-order valence-corrected chi connectivity index (χ0v) is 11.2. The third-order valence-corrected chi connectivity index (χ3v) is 2.93. The molecule has 0 atom stereocenters. The molecule has 1 aliphatic heterocycles. The summed E-state index contributed by atoms with van der Waals surface area (Å²) >= 11 is 0. The van der Waals surface area contributed by atoms with Gasteiger partial charge in [0.25, 0.3) is 0 Å². The first-order valence-electron chi connectivity index (χ1n) is 6.36. The molecule has 0 aliphatic carbocycles. The highest BCUT2D eigenvalue weighted by Crippen LogP contribution is 2.26. The first kappa shape index (κ1) is 13.2. The Morgan fingerprint density at radius 3 is 2.50 bits per heavy atom. The molecule has 1 fully saturated rings. The number of hydrogen-bond donors (Lipinski definition) is 0. The van der Waals surface area contributed by atoms with Crippen LogP contribution in [0, 0.1) is 5.41 Å². The monoisotopic (exact) mass is 248 g/mol. The van der Waals surface area contributed by atoms with Crippen LogP contribution in [0.2, 0.25) is 0 Å². The fourth-order valence-corrected chi connectivity index (χ4v) is 1.94. The summed E-state index contributed by atoms with van der Waals surface area (Å²) in [5.41, 5.74) is 1.27. The Kier molecular flexibility index (Phi) is 3.83. The van der Waals surface area contributed by atoms with E-state index in [0.29, 0.717) is 13.2 Å². The van der Waals surface area contributed by atoms with Crippen molar-refractivity contribution < 1.29 is 14.3 Å². The van der Waals surface area contributed by atoms with Crippen molar-refractivity contribution in [2.75, 3.05) is 13.2 Å². The molecule has 0 amide bonds. The highest BCUT2D eigenvalue weighted by Gasteiger charge is 2.24. The van der Waals surface area contributed by atoms with Gasteiger partial charge >= 0.3 is 0 Å². The van der Waals surface area contributed by atoms with Gasteiger partial charge in [-0.3, -0.25) is 4.79 Å². The van der Waals surface area contributed by atoms with Gasteiger partial charge in [-0.15, -0.1) is 0 Å². The molecule has 0 spiro atoms. The molecule has 18 heavy (non-hydrogen) atoms. The van der Waals surface area contributed by atoms with E-state index in [1.54, 1.807) is 0 Å². The lowest BCUT2D eigenvalue weighted by atomic mass is 9.86. The number of hydrogen-bond acceptors (Lipinski definition) is 3. The number of carbonyl (C=O) groups is 1. The average Bonchev–Trinajstić information content (AvgIpc) is 2.38. The molecule has 1 saturated heterocycles. The first-order chi connectivity index (χ1) is 8.48. The third-order valence-electron chi connectivity index (χ3n) is 2.93. The van der Waals surface area contributed by atoms with Crippen LogP contribution in [0.25, 0.3) is 0 Å². The van der Waals surface area contributed by atoms with Crippen molar-refractivity contribution in [2.24, 2.45) is 5.41 Å². The van der Waals surface area contributed by atoms with Crippen LogP contribution in [-0.2, 0) is 9.47 Å². The summed E-state index contributed by atoms with van der Waals surface area (Å²) in [5.74, 6) is 0.139. The first-order valence-corrected chi connectivity index (χ1v) is 6.36. The Morgan fingerprint density at radius 1 is 1.22 bits per heavy atom. The molecular weight excluding hydrogens is 228 g/mol. The predicted octanol–water partition coefficient (Wildman–Crippen LogP) is 3.35. The average molecular weight is 248 g/mol.